The van der Waals surface area contributed by atoms with E-state index in [2.05, 4.69) is 10.4 Å². The van der Waals surface area contributed by atoms with Crippen LogP contribution in [0.25, 0.3) is 11.5 Å². The fourth-order valence-electron chi connectivity index (χ4n) is 3.35. The van der Waals surface area contributed by atoms with Crippen molar-refractivity contribution >= 4 is 5.91 Å². The number of ether oxygens (including phenoxy) is 2. The lowest BCUT2D eigenvalue weighted by Crippen LogP contribution is -2.24. The van der Waals surface area contributed by atoms with Gasteiger partial charge in [-0.2, -0.15) is 5.10 Å². The van der Waals surface area contributed by atoms with Gasteiger partial charge in [-0.1, -0.05) is 12.1 Å². The maximum absolute atomic E-state index is 13.7. The predicted molar refractivity (Wildman–Crippen MR) is 107 cm³/mol. The molecule has 1 aliphatic heterocycles. The highest BCUT2D eigenvalue weighted by molar-refractivity contribution is 5.97. The molecule has 150 valence electrons. The molecule has 30 heavy (non-hydrogen) atoms. The summed E-state index contributed by atoms with van der Waals surface area (Å²) in [5.41, 5.74) is 1.78. The highest BCUT2D eigenvalue weighted by Gasteiger charge is 2.20. The second kappa shape index (κ2) is 7.40. The Kier molecular flexibility index (Phi) is 4.44. The molecule has 1 aliphatic rings. The molecule has 4 aromatic rings. The molecule has 7 nitrogen and oxygen atoms in total. The van der Waals surface area contributed by atoms with Crippen LogP contribution in [0, 0.1) is 5.82 Å². The Bertz CT molecular complexity index is 1220. The Morgan fingerprint density at radius 1 is 1.07 bits per heavy atom. The molecule has 0 radical (unpaired) electrons. The molecule has 0 fully saturated rings. The quantitative estimate of drug-likeness (QED) is 0.553. The van der Waals surface area contributed by atoms with Crippen LogP contribution in [0.5, 0.6) is 11.5 Å². The molecule has 5 rings (SSSR count). The third-order valence-corrected chi connectivity index (χ3v) is 4.78. The van der Waals surface area contributed by atoms with Crippen molar-refractivity contribution in [1.29, 1.82) is 0 Å². The Morgan fingerprint density at radius 3 is 2.73 bits per heavy atom. The second-order valence-corrected chi connectivity index (χ2v) is 6.73. The van der Waals surface area contributed by atoms with E-state index in [1.54, 1.807) is 33.8 Å². The van der Waals surface area contributed by atoms with Crippen LogP contribution >= 0.6 is 0 Å². The number of nitrogens with zero attached hydrogens (tertiary/aromatic N) is 3. The standard InChI is InChI=1S/C22H17FN4O3/c23-16-4-3-5-17(11-16)27-22(26-8-1-2-9-26)18(13-25-27)21(28)24-12-15-6-7-19-20(10-15)30-14-29-19/h1-11,13H,12,14H2,(H,24,28). The van der Waals surface area contributed by atoms with Gasteiger partial charge in [0.2, 0.25) is 6.79 Å². The molecule has 3 heterocycles. The van der Waals surface area contributed by atoms with Crippen LogP contribution in [0.15, 0.2) is 73.2 Å². The molecule has 0 aliphatic carbocycles. The average Bonchev–Trinajstić information content (AvgIpc) is 3.51. The van der Waals surface area contributed by atoms with Gasteiger partial charge in [0, 0.05) is 18.9 Å². The third-order valence-electron chi connectivity index (χ3n) is 4.78. The number of fused-ring (bicyclic) bond motifs is 1. The van der Waals surface area contributed by atoms with Crippen molar-refractivity contribution in [2.75, 3.05) is 6.79 Å². The minimum Gasteiger partial charge on any atom is -0.454 e. The van der Waals surface area contributed by atoms with E-state index in [0.717, 1.165) is 5.56 Å². The maximum atomic E-state index is 13.7. The van der Waals surface area contributed by atoms with E-state index in [-0.39, 0.29) is 18.5 Å². The third kappa shape index (κ3) is 3.28. The topological polar surface area (TPSA) is 70.3 Å². The van der Waals surface area contributed by atoms with E-state index in [4.69, 9.17) is 9.47 Å². The van der Waals surface area contributed by atoms with Gasteiger partial charge in [0.1, 0.15) is 11.4 Å². The number of carbonyl (C=O) groups excluding carboxylic acids is 1. The number of hydrogen-bond acceptors (Lipinski definition) is 4. The SMILES string of the molecule is O=C(NCc1ccc2c(c1)OCO2)c1cnn(-c2cccc(F)c2)c1-n1cccc1. The fraction of sp³-hybridized carbons (Fsp3) is 0.0909. The zero-order chi connectivity index (χ0) is 20.5. The first-order valence-electron chi connectivity index (χ1n) is 9.33. The summed E-state index contributed by atoms with van der Waals surface area (Å²) in [5.74, 6) is 1.20. The van der Waals surface area contributed by atoms with Crippen molar-refractivity contribution in [2.45, 2.75) is 6.54 Å². The number of benzene rings is 2. The van der Waals surface area contributed by atoms with Gasteiger partial charge in [-0.3, -0.25) is 4.79 Å². The van der Waals surface area contributed by atoms with Crippen LogP contribution < -0.4 is 14.8 Å². The van der Waals surface area contributed by atoms with E-state index < -0.39 is 0 Å². The van der Waals surface area contributed by atoms with E-state index in [9.17, 15) is 9.18 Å². The predicted octanol–water partition coefficient (Wildman–Crippen LogP) is 3.46. The van der Waals surface area contributed by atoms with Crippen LogP contribution in [-0.4, -0.2) is 27.0 Å². The minimum atomic E-state index is -0.379. The van der Waals surface area contributed by atoms with Crippen LogP contribution in [0.1, 0.15) is 15.9 Å². The van der Waals surface area contributed by atoms with Crippen molar-refractivity contribution in [1.82, 2.24) is 19.7 Å². The molecule has 0 saturated carbocycles. The van der Waals surface area contributed by atoms with Crippen molar-refractivity contribution in [3.63, 3.8) is 0 Å². The van der Waals surface area contributed by atoms with Gasteiger partial charge in [-0.25, -0.2) is 9.07 Å². The summed E-state index contributed by atoms with van der Waals surface area (Å²) in [5, 5.41) is 7.25. The van der Waals surface area contributed by atoms with Gasteiger partial charge in [-0.15, -0.1) is 0 Å². The first kappa shape index (κ1) is 18.0. The number of nitrogens with one attached hydrogen (secondary N) is 1. The second-order valence-electron chi connectivity index (χ2n) is 6.73. The molecule has 0 atom stereocenters. The van der Waals surface area contributed by atoms with Crippen LogP contribution in [0.4, 0.5) is 4.39 Å². The van der Waals surface area contributed by atoms with Crippen molar-refractivity contribution in [2.24, 2.45) is 0 Å². The fourth-order valence-corrected chi connectivity index (χ4v) is 3.35. The van der Waals surface area contributed by atoms with Crippen LogP contribution in [0.2, 0.25) is 0 Å². The Morgan fingerprint density at radius 2 is 1.90 bits per heavy atom. The highest BCUT2D eigenvalue weighted by Crippen LogP contribution is 2.32. The molecule has 1 N–H and O–H groups in total. The number of carbonyl (C=O) groups is 1. The van der Waals surface area contributed by atoms with Crippen molar-refractivity contribution < 1.29 is 18.7 Å². The first-order chi connectivity index (χ1) is 14.7. The average molecular weight is 404 g/mol. The highest BCUT2D eigenvalue weighted by atomic mass is 19.1. The first-order valence-corrected chi connectivity index (χ1v) is 9.33. The van der Waals surface area contributed by atoms with E-state index >= 15 is 0 Å². The Labute approximate surface area is 171 Å². The van der Waals surface area contributed by atoms with Crippen LogP contribution in [0.3, 0.4) is 0 Å². The van der Waals surface area contributed by atoms with Gasteiger partial charge in [0.15, 0.2) is 17.3 Å². The van der Waals surface area contributed by atoms with Gasteiger partial charge in [0.05, 0.1) is 11.9 Å². The maximum Gasteiger partial charge on any atom is 0.256 e. The number of amides is 1. The number of hydrogen-bond donors (Lipinski definition) is 1. The lowest BCUT2D eigenvalue weighted by atomic mass is 10.2. The number of rotatable bonds is 5. The molecule has 2 aromatic heterocycles. The summed E-state index contributed by atoms with van der Waals surface area (Å²) < 4.78 is 27.7. The minimum absolute atomic E-state index is 0.199. The Balaban J connectivity index is 1.44. The van der Waals surface area contributed by atoms with Crippen molar-refractivity contribution in [3.05, 3.63) is 90.1 Å². The summed E-state index contributed by atoms with van der Waals surface area (Å²) in [6, 6.07) is 15.3. The molecule has 1 amide bonds. The summed E-state index contributed by atoms with van der Waals surface area (Å²) in [6.07, 6.45) is 5.10. The normalized spacial score (nSPS) is 12.2. The monoisotopic (exact) mass is 404 g/mol. The van der Waals surface area contributed by atoms with Gasteiger partial charge < -0.3 is 19.4 Å². The van der Waals surface area contributed by atoms with E-state index in [1.165, 1.54) is 18.3 Å². The molecule has 0 unspecified atom stereocenters. The summed E-state index contributed by atoms with van der Waals surface area (Å²) in [7, 11) is 0. The molecule has 0 saturated heterocycles. The molecule has 8 heteroatoms. The van der Waals surface area contributed by atoms with Gasteiger partial charge in [-0.05, 0) is 48.0 Å². The van der Waals surface area contributed by atoms with Gasteiger partial charge >= 0.3 is 0 Å². The molecule has 0 bridgehead atoms. The zero-order valence-corrected chi connectivity index (χ0v) is 15.8. The van der Waals surface area contributed by atoms with Gasteiger partial charge in [0.25, 0.3) is 5.91 Å². The lowest BCUT2D eigenvalue weighted by molar-refractivity contribution is 0.0951. The smallest absolute Gasteiger partial charge is 0.256 e. The summed E-state index contributed by atoms with van der Waals surface area (Å²) >= 11 is 0. The zero-order valence-electron chi connectivity index (χ0n) is 15.8. The molecule has 0 spiro atoms. The largest absolute Gasteiger partial charge is 0.454 e. The van der Waals surface area contributed by atoms with Crippen LogP contribution in [-0.2, 0) is 6.54 Å². The lowest BCUT2D eigenvalue weighted by Gasteiger charge is -2.11. The molecular formula is C22H17FN4O3. The number of aromatic nitrogens is 3. The molecular weight excluding hydrogens is 387 g/mol. The molecule has 2 aromatic carbocycles. The van der Waals surface area contributed by atoms with Crippen molar-refractivity contribution in [3.8, 4) is 23.0 Å². The number of halogens is 1. The summed E-state index contributed by atoms with van der Waals surface area (Å²) in [4.78, 5) is 13.0. The summed E-state index contributed by atoms with van der Waals surface area (Å²) in [6.45, 7) is 0.510. The Hall–Kier alpha value is -4.07. The van der Waals surface area contributed by atoms with E-state index in [1.807, 2.05) is 30.3 Å². The van der Waals surface area contributed by atoms with E-state index in [0.29, 0.717) is 35.1 Å².